The fourth-order valence-corrected chi connectivity index (χ4v) is 4.87. The lowest BCUT2D eigenvalue weighted by atomic mass is 9.99. The number of rotatable bonds is 5. The molecule has 2 aliphatic heterocycles. The molecule has 0 bridgehead atoms. The SMILES string of the molecule is Cc1oc(-c2ccc(C(=O)N3CCN(c4ccccc4)CC3)cc2)nc1CN1CCC(C)CC1. The molecule has 178 valence electrons. The number of nitrogens with zero attached hydrogens (tertiary/aromatic N) is 4. The van der Waals surface area contributed by atoms with Crippen LogP contribution in [0.2, 0.25) is 0 Å². The number of hydrogen-bond donors (Lipinski definition) is 0. The maximum absolute atomic E-state index is 13.1. The van der Waals surface area contributed by atoms with E-state index in [0.717, 1.165) is 68.7 Å². The van der Waals surface area contributed by atoms with Gasteiger partial charge in [0.05, 0.1) is 5.69 Å². The highest BCUT2D eigenvalue weighted by Crippen LogP contribution is 2.25. The van der Waals surface area contributed by atoms with E-state index in [4.69, 9.17) is 9.40 Å². The van der Waals surface area contributed by atoms with Crippen LogP contribution in [0.4, 0.5) is 5.69 Å². The standard InChI is InChI=1S/C28H34N4O2/c1-21-12-14-30(15-13-21)20-26-22(2)34-27(29-26)23-8-10-24(11-9-23)28(33)32-18-16-31(17-19-32)25-6-4-3-5-7-25/h3-11,21H,12-20H2,1-2H3. The minimum atomic E-state index is 0.0860. The van der Waals surface area contributed by atoms with E-state index < -0.39 is 0 Å². The van der Waals surface area contributed by atoms with Crippen molar-refractivity contribution in [2.75, 3.05) is 44.2 Å². The van der Waals surface area contributed by atoms with E-state index >= 15 is 0 Å². The number of oxazole rings is 1. The number of benzene rings is 2. The van der Waals surface area contributed by atoms with Crippen LogP contribution in [0.5, 0.6) is 0 Å². The summed E-state index contributed by atoms with van der Waals surface area (Å²) in [5, 5.41) is 0. The first-order chi connectivity index (χ1) is 16.6. The number of aromatic nitrogens is 1. The van der Waals surface area contributed by atoms with Crippen molar-refractivity contribution in [1.82, 2.24) is 14.8 Å². The van der Waals surface area contributed by atoms with E-state index in [2.05, 4.69) is 41.0 Å². The number of hydrogen-bond acceptors (Lipinski definition) is 5. The Labute approximate surface area is 202 Å². The molecular formula is C28H34N4O2. The van der Waals surface area contributed by atoms with Gasteiger partial charge in [0, 0.05) is 49.5 Å². The van der Waals surface area contributed by atoms with Gasteiger partial charge >= 0.3 is 0 Å². The molecule has 2 fully saturated rings. The van der Waals surface area contributed by atoms with Gasteiger partial charge in [0.2, 0.25) is 5.89 Å². The van der Waals surface area contributed by atoms with Crippen LogP contribution in [-0.2, 0) is 6.54 Å². The molecule has 3 heterocycles. The third kappa shape index (κ3) is 5.02. The Morgan fingerprint density at radius 3 is 2.29 bits per heavy atom. The molecule has 6 nitrogen and oxygen atoms in total. The Balaban J connectivity index is 1.20. The molecule has 0 unspecified atom stereocenters. The lowest BCUT2D eigenvalue weighted by Crippen LogP contribution is -2.48. The van der Waals surface area contributed by atoms with Gasteiger partial charge in [-0.15, -0.1) is 0 Å². The van der Waals surface area contributed by atoms with Crippen molar-refractivity contribution in [2.24, 2.45) is 5.92 Å². The minimum absolute atomic E-state index is 0.0860. The number of carbonyl (C=O) groups excluding carboxylic acids is 1. The zero-order chi connectivity index (χ0) is 23.5. The molecular weight excluding hydrogens is 424 g/mol. The van der Waals surface area contributed by atoms with E-state index in [1.165, 1.54) is 18.5 Å². The minimum Gasteiger partial charge on any atom is -0.441 e. The van der Waals surface area contributed by atoms with Crippen LogP contribution in [0.1, 0.15) is 41.6 Å². The molecule has 1 amide bonds. The number of amides is 1. The van der Waals surface area contributed by atoms with E-state index in [9.17, 15) is 4.79 Å². The lowest BCUT2D eigenvalue weighted by Gasteiger charge is -2.36. The third-order valence-corrected chi connectivity index (χ3v) is 7.21. The normalized spacial score (nSPS) is 17.8. The number of aryl methyl sites for hydroxylation is 1. The number of carbonyl (C=O) groups is 1. The summed E-state index contributed by atoms with van der Waals surface area (Å²) in [6, 6.07) is 18.1. The van der Waals surface area contributed by atoms with E-state index in [1.807, 2.05) is 42.2 Å². The Bertz CT molecular complexity index is 1090. The van der Waals surface area contributed by atoms with Gasteiger partial charge < -0.3 is 14.2 Å². The fraction of sp³-hybridized carbons (Fsp3) is 0.429. The molecule has 3 aromatic rings. The second kappa shape index (κ2) is 10.0. The van der Waals surface area contributed by atoms with Gasteiger partial charge in [-0.2, -0.15) is 0 Å². The topological polar surface area (TPSA) is 52.8 Å². The average Bonchev–Trinajstić information content (AvgIpc) is 3.25. The molecule has 0 radical (unpaired) electrons. The van der Waals surface area contributed by atoms with Crippen molar-refractivity contribution < 1.29 is 9.21 Å². The van der Waals surface area contributed by atoms with E-state index in [-0.39, 0.29) is 5.91 Å². The van der Waals surface area contributed by atoms with Crippen LogP contribution in [0.3, 0.4) is 0 Å². The average molecular weight is 459 g/mol. The monoisotopic (exact) mass is 458 g/mol. The first kappa shape index (κ1) is 22.7. The Morgan fingerprint density at radius 2 is 1.62 bits per heavy atom. The van der Waals surface area contributed by atoms with Gasteiger partial charge in [0.1, 0.15) is 5.76 Å². The molecule has 2 aromatic carbocycles. The number of para-hydroxylation sites is 1. The van der Waals surface area contributed by atoms with Crippen LogP contribution < -0.4 is 4.90 Å². The van der Waals surface area contributed by atoms with Crippen molar-refractivity contribution in [3.63, 3.8) is 0 Å². The van der Waals surface area contributed by atoms with Gasteiger partial charge in [0.25, 0.3) is 5.91 Å². The van der Waals surface area contributed by atoms with Crippen LogP contribution in [-0.4, -0.2) is 60.0 Å². The molecule has 2 aliphatic rings. The quantitative estimate of drug-likeness (QED) is 0.547. The van der Waals surface area contributed by atoms with Crippen LogP contribution in [0, 0.1) is 12.8 Å². The molecule has 2 saturated heterocycles. The highest BCUT2D eigenvalue weighted by molar-refractivity contribution is 5.94. The van der Waals surface area contributed by atoms with Gasteiger partial charge in [0.15, 0.2) is 0 Å². The smallest absolute Gasteiger partial charge is 0.253 e. The maximum Gasteiger partial charge on any atom is 0.253 e. The summed E-state index contributed by atoms with van der Waals surface area (Å²) in [7, 11) is 0. The Morgan fingerprint density at radius 1 is 0.941 bits per heavy atom. The zero-order valence-electron chi connectivity index (χ0n) is 20.2. The Hall–Kier alpha value is -3.12. The van der Waals surface area contributed by atoms with Crippen molar-refractivity contribution in [1.29, 1.82) is 0 Å². The molecule has 0 atom stereocenters. The number of piperazine rings is 1. The second-order valence-corrected chi connectivity index (χ2v) is 9.67. The molecule has 6 heteroatoms. The molecule has 1 aromatic heterocycles. The summed E-state index contributed by atoms with van der Waals surface area (Å²) in [5.41, 5.74) is 3.85. The van der Waals surface area contributed by atoms with Crippen LogP contribution in [0.25, 0.3) is 11.5 Å². The first-order valence-corrected chi connectivity index (χ1v) is 12.4. The second-order valence-electron chi connectivity index (χ2n) is 9.67. The molecule has 5 rings (SSSR count). The maximum atomic E-state index is 13.1. The third-order valence-electron chi connectivity index (χ3n) is 7.21. The zero-order valence-corrected chi connectivity index (χ0v) is 20.2. The van der Waals surface area contributed by atoms with Gasteiger partial charge in [-0.1, -0.05) is 25.1 Å². The summed E-state index contributed by atoms with van der Waals surface area (Å²) < 4.78 is 6.00. The van der Waals surface area contributed by atoms with Gasteiger partial charge in [-0.25, -0.2) is 4.98 Å². The Kier molecular flexibility index (Phi) is 6.68. The molecule has 0 aliphatic carbocycles. The molecule has 0 spiro atoms. The van der Waals surface area contributed by atoms with E-state index in [0.29, 0.717) is 11.5 Å². The highest BCUT2D eigenvalue weighted by atomic mass is 16.4. The van der Waals surface area contributed by atoms with Gasteiger partial charge in [-0.3, -0.25) is 9.69 Å². The first-order valence-electron chi connectivity index (χ1n) is 12.4. The number of anilines is 1. The summed E-state index contributed by atoms with van der Waals surface area (Å²) in [6.45, 7) is 10.6. The lowest BCUT2D eigenvalue weighted by molar-refractivity contribution is 0.0747. The number of likely N-dealkylation sites (tertiary alicyclic amines) is 1. The van der Waals surface area contributed by atoms with Crippen molar-refractivity contribution in [3.05, 3.63) is 71.6 Å². The number of piperidine rings is 1. The summed E-state index contributed by atoms with van der Waals surface area (Å²) in [5.74, 6) is 2.42. The van der Waals surface area contributed by atoms with Crippen LogP contribution >= 0.6 is 0 Å². The predicted molar refractivity (Wildman–Crippen MR) is 135 cm³/mol. The van der Waals surface area contributed by atoms with Crippen molar-refractivity contribution in [2.45, 2.75) is 33.2 Å². The van der Waals surface area contributed by atoms with Crippen molar-refractivity contribution >= 4 is 11.6 Å². The molecule has 0 saturated carbocycles. The predicted octanol–water partition coefficient (Wildman–Crippen LogP) is 4.84. The molecule has 0 N–H and O–H groups in total. The fourth-order valence-electron chi connectivity index (χ4n) is 4.87. The summed E-state index contributed by atoms with van der Waals surface area (Å²) in [6.07, 6.45) is 2.50. The summed E-state index contributed by atoms with van der Waals surface area (Å²) in [4.78, 5) is 24.6. The summed E-state index contributed by atoms with van der Waals surface area (Å²) >= 11 is 0. The van der Waals surface area contributed by atoms with Gasteiger partial charge in [-0.05, 0) is 75.2 Å². The van der Waals surface area contributed by atoms with Crippen molar-refractivity contribution in [3.8, 4) is 11.5 Å². The van der Waals surface area contributed by atoms with E-state index in [1.54, 1.807) is 0 Å². The van der Waals surface area contributed by atoms with Crippen LogP contribution in [0.15, 0.2) is 59.0 Å². The molecule has 34 heavy (non-hydrogen) atoms. The highest BCUT2D eigenvalue weighted by Gasteiger charge is 2.23. The largest absolute Gasteiger partial charge is 0.441 e.